The van der Waals surface area contributed by atoms with Crippen molar-refractivity contribution in [2.75, 3.05) is 13.1 Å². The van der Waals surface area contributed by atoms with Gasteiger partial charge in [0.2, 0.25) is 11.8 Å². The quantitative estimate of drug-likeness (QED) is 0.766. The number of carbonyl (C=O) groups excluding carboxylic acids is 2. The molecular weight excluding hydrogens is 290 g/mol. The van der Waals surface area contributed by atoms with Gasteiger partial charge in [0.05, 0.1) is 18.6 Å². The Kier molecular flexibility index (Phi) is 5.20. The third kappa shape index (κ3) is 3.95. The molecule has 0 atom stereocenters. The van der Waals surface area contributed by atoms with Gasteiger partial charge in [-0.15, -0.1) is 0 Å². The van der Waals surface area contributed by atoms with Crippen molar-refractivity contribution in [3.8, 4) is 0 Å². The van der Waals surface area contributed by atoms with Gasteiger partial charge in [0.15, 0.2) is 0 Å². The molecular formula is C15H20ClN3O2. The predicted molar refractivity (Wildman–Crippen MR) is 81.8 cm³/mol. The molecule has 4 N–H and O–H groups in total. The second-order valence-electron chi connectivity index (χ2n) is 5.33. The zero-order chi connectivity index (χ0) is 15.3. The molecule has 1 saturated carbocycles. The van der Waals surface area contributed by atoms with Crippen LogP contribution in [-0.4, -0.2) is 24.9 Å². The van der Waals surface area contributed by atoms with Crippen LogP contribution in [0.25, 0.3) is 0 Å². The van der Waals surface area contributed by atoms with Crippen LogP contribution in [0.3, 0.4) is 0 Å². The predicted octanol–water partition coefficient (Wildman–Crippen LogP) is 1.30. The highest BCUT2D eigenvalue weighted by molar-refractivity contribution is 6.30. The van der Waals surface area contributed by atoms with Gasteiger partial charge in [0, 0.05) is 5.02 Å². The lowest BCUT2D eigenvalue weighted by Gasteiger charge is -2.31. The molecule has 0 bridgehead atoms. The van der Waals surface area contributed by atoms with Crippen molar-refractivity contribution in [1.82, 2.24) is 10.6 Å². The monoisotopic (exact) mass is 309 g/mol. The number of hydrogen-bond donors (Lipinski definition) is 3. The topological polar surface area (TPSA) is 84.2 Å². The summed E-state index contributed by atoms with van der Waals surface area (Å²) in [5.74, 6) is -0.549. The van der Waals surface area contributed by atoms with E-state index in [0.717, 1.165) is 31.2 Å². The van der Waals surface area contributed by atoms with Gasteiger partial charge in [-0.05, 0) is 30.5 Å². The molecule has 21 heavy (non-hydrogen) atoms. The fourth-order valence-corrected chi connectivity index (χ4v) is 3.00. The highest BCUT2D eigenvalue weighted by atomic mass is 35.5. The maximum Gasteiger partial charge on any atom is 0.240 e. The van der Waals surface area contributed by atoms with Crippen molar-refractivity contribution >= 4 is 23.4 Å². The Morgan fingerprint density at radius 3 is 2.57 bits per heavy atom. The number of hydrogen-bond acceptors (Lipinski definition) is 3. The normalized spacial score (nSPS) is 16.5. The molecule has 2 rings (SSSR count). The Morgan fingerprint density at radius 1 is 1.24 bits per heavy atom. The van der Waals surface area contributed by atoms with E-state index in [1.54, 1.807) is 0 Å². The summed E-state index contributed by atoms with van der Waals surface area (Å²) in [7, 11) is 0. The molecule has 0 aromatic heterocycles. The van der Waals surface area contributed by atoms with Crippen LogP contribution >= 0.6 is 11.6 Å². The smallest absolute Gasteiger partial charge is 0.240 e. The summed E-state index contributed by atoms with van der Waals surface area (Å²) in [4.78, 5) is 23.2. The van der Waals surface area contributed by atoms with Gasteiger partial charge < -0.3 is 16.4 Å². The van der Waals surface area contributed by atoms with Crippen LogP contribution in [-0.2, 0) is 15.1 Å². The summed E-state index contributed by atoms with van der Waals surface area (Å²) in [5.41, 5.74) is 5.84. The number of rotatable bonds is 5. The van der Waals surface area contributed by atoms with Gasteiger partial charge in [-0.25, -0.2) is 0 Å². The largest absolute Gasteiger partial charge is 0.346 e. The van der Waals surface area contributed by atoms with Gasteiger partial charge in [0.25, 0.3) is 0 Å². The highest BCUT2D eigenvalue weighted by Gasteiger charge is 2.37. The molecule has 1 aliphatic carbocycles. The van der Waals surface area contributed by atoms with Gasteiger partial charge in [-0.2, -0.15) is 0 Å². The Balaban J connectivity index is 2.08. The first kappa shape index (κ1) is 15.8. The van der Waals surface area contributed by atoms with Gasteiger partial charge in [-0.1, -0.05) is 36.6 Å². The Hall–Kier alpha value is -1.59. The van der Waals surface area contributed by atoms with Crippen molar-refractivity contribution in [2.45, 2.75) is 31.2 Å². The van der Waals surface area contributed by atoms with Gasteiger partial charge in [0.1, 0.15) is 0 Å². The standard InChI is InChI=1S/C15H20ClN3O2/c16-12-5-3-4-11(8-12)15(6-1-2-7-15)19-14(21)10-18-13(20)9-17/h3-5,8H,1-2,6-7,9-10,17H2,(H,18,20)(H,19,21). The van der Waals surface area contributed by atoms with Crippen LogP contribution in [0, 0.1) is 0 Å². The van der Waals surface area contributed by atoms with E-state index in [4.69, 9.17) is 17.3 Å². The fraction of sp³-hybridized carbons (Fsp3) is 0.467. The summed E-state index contributed by atoms with van der Waals surface area (Å²) in [5, 5.41) is 6.20. The van der Waals surface area contributed by atoms with Crippen molar-refractivity contribution in [2.24, 2.45) is 5.73 Å². The molecule has 1 aromatic carbocycles. The Morgan fingerprint density at radius 2 is 1.95 bits per heavy atom. The van der Waals surface area contributed by atoms with Gasteiger partial charge in [-0.3, -0.25) is 9.59 Å². The number of nitrogens with two attached hydrogens (primary N) is 1. The molecule has 5 nitrogen and oxygen atoms in total. The minimum atomic E-state index is -0.380. The lowest BCUT2D eigenvalue weighted by atomic mass is 9.88. The first-order valence-corrected chi connectivity index (χ1v) is 7.47. The zero-order valence-electron chi connectivity index (χ0n) is 11.8. The van der Waals surface area contributed by atoms with E-state index in [2.05, 4.69) is 10.6 Å². The highest BCUT2D eigenvalue weighted by Crippen LogP contribution is 2.39. The Bertz CT molecular complexity index is 527. The van der Waals surface area contributed by atoms with Crippen molar-refractivity contribution in [3.05, 3.63) is 34.9 Å². The first-order valence-electron chi connectivity index (χ1n) is 7.09. The van der Waals surface area contributed by atoms with Crippen molar-refractivity contribution in [1.29, 1.82) is 0 Å². The average molecular weight is 310 g/mol. The lowest BCUT2D eigenvalue weighted by molar-refractivity contribution is -0.126. The minimum absolute atomic E-state index is 0.0572. The average Bonchev–Trinajstić information content (AvgIpc) is 2.94. The maximum absolute atomic E-state index is 12.1. The van der Waals surface area contributed by atoms with Crippen LogP contribution in [0.2, 0.25) is 5.02 Å². The molecule has 2 amide bonds. The van der Waals surface area contributed by atoms with E-state index >= 15 is 0 Å². The second kappa shape index (κ2) is 6.91. The number of benzene rings is 1. The second-order valence-corrected chi connectivity index (χ2v) is 5.77. The van der Waals surface area contributed by atoms with E-state index in [-0.39, 0.29) is 30.4 Å². The van der Waals surface area contributed by atoms with Crippen LogP contribution in [0.4, 0.5) is 0 Å². The molecule has 6 heteroatoms. The van der Waals surface area contributed by atoms with Crippen molar-refractivity contribution < 1.29 is 9.59 Å². The van der Waals surface area contributed by atoms with Crippen LogP contribution < -0.4 is 16.4 Å². The molecule has 1 aliphatic rings. The third-order valence-electron chi connectivity index (χ3n) is 3.84. The fourth-order valence-electron chi connectivity index (χ4n) is 2.81. The molecule has 0 spiro atoms. The van der Waals surface area contributed by atoms with E-state index in [1.165, 1.54) is 0 Å². The summed E-state index contributed by atoms with van der Waals surface area (Å²) in [6.45, 7) is -0.176. The van der Waals surface area contributed by atoms with E-state index in [0.29, 0.717) is 5.02 Å². The van der Waals surface area contributed by atoms with Crippen LogP contribution in [0.15, 0.2) is 24.3 Å². The van der Waals surface area contributed by atoms with E-state index in [9.17, 15) is 9.59 Å². The molecule has 114 valence electrons. The van der Waals surface area contributed by atoms with Gasteiger partial charge >= 0.3 is 0 Å². The molecule has 0 unspecified atom stereocenters. The van der Waals surface area contributed by atoms with Crippen LogP contribution in [0.5, 0.6) is 0 Å². The number of carbonyl (C=O) groups is 2. The zero-order valence-corrected chi connectivity index (χ0v) is 12.6. The summed E-state index contributed by atoms with van der Waals surface area (Å²) >= 11 is 6.06. The molecule has 0 saturated heterocycles. The number of halogens is 1. The number of nitrogens with one attached hydrogen (secondary N) is 2. The third-order valence-corrected chi connectivity index (χ3v) is 4.08. The van der Waals surface area contributed by atoms with E-state index < -0.39 is 0 Å². The van der Waals surface area contributed by atoms with Crippen LogP contribution in [0.1, 0.15) is 31.2 Å². The molecule has 0 radical (unpaired) electrons. The summed E-state index contributed by atoms with van der Waals surface area (Å²) in [6, 6.07) is 7.58. The lowest BCUT2D eigenvalue weighted by Crippen LogP contribution is -2.48. The first-order chi connectivity index (χ1) is 10.1. The molecule has 0 aliphatic heterocycles. The van der Waals surface area contributed by atoms with E-state index in [1.807, 2.05) is 24.3 Å². The Labute approximate surface area is 129 Å². The summed E-state index contributed by atoms with van der Waals surface area (Å²) in [6.07, 6.45) is 3.87. The molecule has 1 aromatic rings. The molecule has 0 heterocycles. The maximum atomic E-state index is 12.1. The van der Waals surface area contributed by atoms with Crippen molar-refractivity contribution in [3.63, 3.8) is 0 Å². The summed E-state index contributed by atoms with van der Waals surface area (Å²) < 4.78 is 0. The number of amides is 2. The molecule has 1 fully saturated rings. The minimum Gasteiger partial charge on any atom is -0.346 e. The SMILES string of the molecule is NCC(=O)NCC(=O)NC1(c2cccc(Cl)c2)CCCC1.